The van der Waals surface area contributed by atoms with Gasteiger partial charge in [-0.25, -0.2) is 0 Å². The highest BCUT2D eigenvalue weighted by molar-refractivity contribution is 4.79. The molecule has 1 unspecified atom stereocenters. The third kappa shape index (κ3) is 5.39. The zero-order chi connectivity index (χ0) is 12.9. The first-order valence-corrected chi connectivity index (χ1v) is 7.37. The monoisotopic (exact) mass is 240 g/mol. The summed E-state index contributed by atoms with van der Waals surface area (Å²) in [5, 5.41) is 0. The van der Waals surface area contributed by atoms with Crippen molar-refractivity contribution in [3.05, 3.63) is 0 Å². The average Bonchev–Trinajstić information content (AvgIpc) is 2.52. The van der Waals surface area contributed by atoms with E-state index in [1.807, 2.05) is 0 Å². The standard InChI is InChI=1S/C15H32N2/c1-15(2,3)14(16)11-12-17(4)13-9-7-5-6-8-10-13/h13-14H,5-12,16H2,1-4H3. The van der Waals surface area contributed by atoms with Crippen molar-refractivity contribution in [1.82, 2.24) is 4.90 Å². The molecule has 0 amide bonds. The summed E-state index contributed by atoms with van der Waals surface area (Å²) in [6.07, 6.45) is 9.61. The van der Waals surface area contributed by atoms with E-state index in [-0.39, 0.29) is 5.41 Å². The van der Waals surface area contributed by atoms with E-state index in [0.717, 1.165) is 19.0 Å². The van der Waals surface area contributed by atoms with Crippen LogP contribution in [0.3, 0.4) is 0 Å². The summed E-state index contributed by atoms with van der Waals surface area (Å²) in [5.74, 6) is 0. The molecule has 0 saturated heterocycles. The van der Waals surface area contributed by atoms with Crippen LogP contribution in [-0.4, -0.2) is 30.6 Å². The second-order valence-electron chi connectivity index (χ2n) is 6.89. The van der Waals surface area contributed by atoms with E-state index >= 15 is 0 Å². The van der Waals surface area contributed by atoms with Gasteiger partial charge in [0.2, 0.25) is 0 Å². The molecule has 2 N–H and O–H groups in total. The molecule has 1 rings (SSSR count). The summed E-state index contributed by atoms with van der Waals surface area (Å²) in [7, 11) is 2.28. The van der Waals surface area contributed by atoms with Crippen LogP contribution in [0.2, 0.25) is 0 Å². The van der Waals surface area contributed by atoms with Crippen LogP contribution < -0.4 is 5.73 Å². The molecule has 2 nitrogen and oxygen atoms in total. The Labute approximate surface area is 108 Å². The number of hydrogen-bond donors (Lipinski definition) is 1. The van der Waals surface area contributed by atoms with Gasteiger partial charge in [-0.1, -0.05) is 46.5 Å². The van der Waals surface area contributed by atoms with Gasteiger partial charge in [0.15, 0.2) is 0 Å². The van der Waals surface area contributed by atoms with Crippen LogP contribution in [0.15, 0.2) is 0 Å². The summed E-state index contributed by atoms with van der Waals surface area (Å²) in [5.41, 5.74) is 6.47. The number of nitrogens with two attached hydrogens (primary N) is 1. The van der Waals surface area contributed by atoms with Crippen LogP contribution in [0, 0.1) is 5.41 Å². The average molecular weight is 240 g/mol. The molecule has 1 aliphatic carbocycles. The Bertz CT molecular complexity index is 199. The fourth-order valence-corrected chi connectivity index (χ4v) is 2.66. The smallest absolute Gasteiger partial charge is 0.00998 e. The third-order valence-electron chi connectivity index (χ3n) is 4.35. The van der Waals surface area contributed by atoms with Crippen LogP contribution in [0.1, 0.15) is 65.7 Å². The molecule has 0 radical (unpaired) electrons. The van der Waals surface area contributed by atoms with E-state index < -0.39 is 0 Å². The lowest BCUT2D eigenvalue weighted by molar-refractivity contribution is 0.194. The molecule has 0 aromatic carbocycles. The Morgan fingerprint density at radius 1 is 1.12 bits per heavy atom. The summed E-state index contributed by atoms with van der Waals surface area (Å²) in [4.78, 5) is 2.55. The fourth-order valence-electron chi connectivity index (χ4n) is 2.66. The van der Waals surface area contributed by atoms with Crippen LogP contribution in [0.5, 0.6) is 0 Å². The zero-order valence-corrected chi connectivity index (χ0v) is 12.3. The van der Waals surface area contributed by atoms with Crippen molar-refractivity contribution >= 4 is 0 Å². The van der Waals surface area contributed by atoms with E-state index in [4.69, 9.17) is 5.73 Å². The van der Waals surface area contributed by atoms with Crippen molar-refractivity contribution in [1.29, 1.82) is 0 Å². The van der Waals surface area contributed by atoms with Gasteiger partial charge in [0.25, 0.3) is 0 Å². The molecular weight excluding hydrogens is 208 g/mol. The van der Waals surface area contributed by atoms with E-state index in [2.05, 4.69) is 32.7 Å². The van der Waals surface area contributed by atoms with Crippen molar-refractivity contribution in [2.75, 3.05) is 13.6 Å². The molecular formula is C15H32N2. The maximum absolute atomic E-state index is 6.23. The molecule has 0 aromatic rings. The van der Waals surface area contributed by atoms with Crippen molar-refractivity contribution in [3.63, 3.8) is 0 Å². The van der Waals surface area contributed by atoms with Crippen LogP contribution >= 0.6 is 0 Å². The lowest BCUT2D eigenvalue weighted by Crippen LogP contribution is -2.40. The normalized spacial score (nSPS) is 21.5. The summed E-state index contributed by atoms with van der Waals surface area (Å²) in [6.45, 7) is 7.87. The summed E-state index contributed by atoms with van der Waals surface area (Å²) >= 11 is 0. The predicted octanol–water partition coefficient (Wildman–Crippen LogP) is 3.40. The van der Waals surface area contributed by atoms with Crippen molar-refractivity contribution in [2.24, 2.45) is 11.1 Å². The van der Waals surface area contributed by atoms with Crippen LogP contribution in [0.25, 0.3) is 0 Å². The Morgan fingerprint density at radius 2 is 1.65 bits per heavy atom. The van der Waals surface area contributed by atoms with Gasteiger partial charge in [-0.3, -0.25) is 0 Å². The molecule has 2 heteroatoms. The second-order valence-corrected chi connectivity index (χ2v) is 6.89. The summed E-state index contributed by atoms with van der Waals surface area (Å²) in [6, 6.07) is 1.13. The van der Waals surface area contributed by atoms with Crippen LogP contribution in [-0.2, 0) is 0 Å². The quantitative estimate of drug-likeness (QED) is 0.763. The molecule has 1 atom stereocenters. The highest BCUT2D eigenvalue weighted by atomic mass is 15.1. The first-order chi connectivity index (χ1) is 7.91. The predicted molar refractivity (Wildman–Crippen MR) is 76.2 cm³/mol. The lowest BCUT2D eigenvalue weighted by Gasteiger charge is -2.32. The van der Waals surface area contributed by atoms with Gasteiger partial charge in [-0.15, -0.1) is 0 Å². The molecule has 1 aliphatic rings. The SMILES string of the molecule is CN(CCC(N)C(C)(C)C)C1CCCCCC1. The van der Waals surface area contributed by atoms with Gasteiger partial charge >= 0.3 is 0 Å². The molecule has 0 spiro atoms. The fraction of sp³-hybridized carbons (Fsp3) is 1.00. The molecule has 0 bridgehead atoms. The highest BCUT2D eigenvalue weighted by Crippen LogP contribution is 2.23. The minimum Gasteiger partial charge on any atom is -0.327 e. The largest absolute Gasteiger partial charge is 0.327 e. The second kappa shape index (κ2) is 6.75. The third-order valence-corrected chi connectivity index (χ3v) is 4.35. The topological polar surface area (TPSA) is 29.3 Å². The Kier molecular flexibility index (Phi) is 5.94. The first-order valence-electron chi connectivity index (χ1n) is 7.37. The Morgan fingerprint density at radius 3 is 2.12 bits per heavy atom. The molecule has 1 saturated carbocycles. The minimum absolute atomic E-state index is 0.240. The number of nitrogens with zero attached hydrogens (tertiary/aromatic N) is 1. The summed E-state index contributed by atoms with van der Waals surface area (Å²) < 4.78 is 0. The number of rotatable bonds is 4. The van der Waals surface area contributed by atoms with Gasteiger partial charge in [0, 0.05) is 12.1 Å². The van der Waals surface area contributed by atoms with Gasteiger partial charge in [0.05, 0.1) is 0 Å². The van der Waals surface area contributed by atoms with Gasteiger partial charge in [-0.2, -0.15) is 0 Å². The van der Waals surface area contributed by atoms with Crippen molar-refractivity contribution in [3.8, 4) is 0 Å². The molecule has 102 valence electrons. The minimum atomic E-state index is 0.240. The molecule has 0 aliphatic heterocycles. The maximum Gasteiger partial charge on any atom is 0.00998 e. The maximum atomic E-state index is 6.23. The van der Waals surface area contributed by atoms with Crippen LogP contribution in [0.4, 0.5) is 0 Å². The first kappa shape index (κ1) is 15.0. The molecule has 0 heterocycles. The Balaban J connectivity index is 2.30. The van der Waals surface area contributed by atoms with Gasteiger partial charge in [-0.05, 0) is 38.3 Å². The van der Waals surface area contributed by atoms with E-state index in [0.29, 0.717) is 6.04 Å². The highest BCUT2D eigenvalue weighted by Gasteiger charge is 2.22. The zero-order valence-electron chi connectivity index (χ0n) is 12.3. The van der Waals surface area contributed by atoms with Gasteiger partial charge in [0.1, 0.15) is 0 Å². The Hall–Kier alpha value is -0.0800. The number of hydrogen-bond acceptors (Lipinski definition) is 2. The molecule has 0 aromatic heterocycles. The lowest BCUT2D eigenvalue weighted by atomic mass is 9.85. The van der Waals surface area contributed by atoms with Gasteiger partial charge < -0.3 is 10.6 Å². The van der Waals surface area contributed by atoms with Crippen molar-refractivity contribution in [2.45, 2.75) is 77.8 Å². The van der Waals surface area contributed by atoms with E-state index in [1.54, 1.807) is 0 Å². The van der Waals surface area contributed by atoms with Crippen molar-refractivity contribution < 1.29 is 0 Å². The molecule has 17 heavy (non-hydrogen) atoms. The van der Waals surface area contributed by atoms with E-state index in [1.165, 1.54) is 38.5 Å². The molecule has 1 fully saturated rings. The van der Waals surface area contributed by atoms with E-state index in [9.17, 15) is 0 Å².